The molecule has 0 fully saturated rings. The molecule has 118 valence electrons. The van der Waals surface area contributed by atoms with Gasteiger partial charge < -0.3 is 11.1 Å². The van der Waals surface area contributed by atoms with Gasteiger partial charge in [-0.1, -0.05) is 26.2 Å². The first-order valence-corrected chi connectivity index (χ1v) is 8.99. The minimum Gasteiger partial charge on any atom is -0.370 e. The number of hydrogen-bond acceptors (Lipinski definition) is 3. The summed E-state index contributed by atoms with van der Waals surface area (Å²) in [6, 6.07) is 2.26. The normalized spacial score (nSPS) is 16.0. The number of nitrogens with zero attached hydrogens (tertiary/aromatic N) is 2. The lowest BCUT2D eigenvalue weighted by atomic mass is 10.1. The molecular weight excluding hydrogens is 280 g/mol. The molecule has 0 aliphatic carbocycles. The van der Waals surface area contributed by atoms with Crippen LogP contribution in [-0.2, 0) is 13.0 Å². The Morgan fingerprint density at radius 1 is 1.43 bits per heavy atom. The van der Waals surface area contributed by atoms with E-state index < -0.39 is 0 Å². The maximum atomic E-state index is 5.89. The van der Waals surface area contributed by atoms with Gasteiger partial charge in [-0.2, -0.15) is 0 Å². The molecule has 21 heavy (non-hydrogen) atoms. The molecule has 5 heteroatoms. The van der Waals surface area contributed by atoms with Crippen molar-refractivity contribution < 1.29 is 0 Å². The van der Waals surface area contributed by atoms with Gasteiger partial charge in [-0.15, -0.1) is 11.3 Å². The van der Waals surface area contributed by atoms with Gasteiger partial charge in [0.15, 0.2) is 5.96 Å². The summed E-state index contributed by atoms with van der Waals surface area (Å²) >= 11 is 1.89. The molecule has 1 aromatic heterocycles. The minimum atomic E-state index is 0.597. The molecule has 0 bridgehead atoms. The quantitative estimate of drug-likeness (QED) is 0.441. The molecule has 1 aliphatic rings. The van der Waals surface area contributed by atoms with Gasteiger partial charge in [0.25, 0.3) is 0 Å². The summed E-state index contributed by atoms with van der Waals surface area (Å²) < 4.78 is 0. The summed E-state index contributed by atoms with van der Waals surface area (Å²) in [5.74, 6) is 0.597. The average Bonchev–Trinajstić information content (AvgIpc) is 2.94. The van der Waals surface area contributed by atoms with E-state index in [9.17, 15) is 0 Å². The van der Waals surface area contributed by atoms with Crippen molar-refractivity contribution in [3.05, 3.63) is 21.9 Å². The Hall–Kier alpha value is -1.07. The number of aliphatic imine (C=N–C) groups is 1. The lowest BCUT2D eigenvalue weighted by Gasteiger charge is -2.26. The number of rotatable bonds is 8. The van der Waals surface area contributed by atoms with E-state index in [1.165, 1.54) is 31.2 Å². The number of unbranched alkanes of at least 4 members (excludes halogenated alkanes) is 3. The van der Waals surface area contributed by atoms with Crippen LogP contribution in [0.25, 0.3) is 0 Å². The third-order valence-electron chi connectivity index (χ3n) is 3.91. The van der Waals surface area contributed by atoms with Crippen molar-refractivity contribution in [2.45, 2.75) is 45.6 Å². The standard InChI is InChI=1S/C16H28N4S/c1-2-3-4-5-8-18-16(17)19-9-11-20-10-6-15-14(13-20)7-12-21-15/h7,12H,2-6,8-11,13H2,1H3,(H3,17,18,19). The fourth-order valence-corrected chi connectivity index (χ4v) is 3.52. The van der Waals surface area contributed by atoms with Crippen LogP contribution < -0.4 is 11.1 Å². The molecule has 1 aliphatic heterocycles. The molecule has 0 unspecified atom stereocenters. The lowest BCUT2D eigenvalue weighted by Crippen LogP contribution is -2.40. The molecule has 4 nitrogen and oxygen atoms in total. The first-order valence-electron chi connectivity index (χ1n) is 8.11. The van der Waals surface area contributed by atoms with Crippen LogP contribution in [0.1, 0.15) is 43.0 Å². The van der Waals surface area contributed by atoms with Crippen LogP contribution in [0.2, 0.25) is 0 Å². The largest absolute Gasteiger partial charge is 0.370 e. The molecule has 0 aromatic carbocycles. The third kappa shape index (κ3) is 5.67. The second-order valence-electron chi connectivity index (χ2n) is 5.65. The van der Waals surface area contributed by atoms with Crippen LogP contribution >= 0.6 is 11.3 Å². The minimum absolute atomic E-state index is 0.597. The Bertz CT molecular complexity index is 441. The van der Waals surface area contributed by atoms with Crippen molar-refractivity contribution in [1.29, 1.82) is 0 Å². The van der Waals surface area contributed by atoms with E-state index in [1.807, 2.05) is 11.3 Å². The fraction of sp³-hybridized carbons (Fsp3) is 0.688. The van der Waals surface area contributed by atoms with Gasteiger partial charge in [0.1, 0.15) is 0 Å². The Labute approximate surface area is 132 Å². The summed E-state index contributed by atoms with van der Waals surface area (Å²) in [6.07, 6.45) is 6.14. The van der Waals surface area contributed by atoms with E-state index in [4.69, 9.17) is 5.73 Å². The SMILES string of the molecule is CCCCCCN=C(N)NCCN1CCc2sccc2C1. The van der Waals surface area contributed by atoms with Crippen LogP contribution in [-0.4, -0.2) is 37.0 Å². The summed E-state index contributed by atoms with van der Waals surface area (Å²) in [5.41, 5.74) is 7.39. The van der Waals surface area contributed by atoms with Gasteiger partial charge in [0, 0.05) is 37.6 Å². The van der Waals surface area contributed by atoms with Crippen molar-refractivity contribution in [1.82, 2.24) is 10.2 Å². The van der Waals surface area contributed by atoms with E-state index in [0.717, 1.165) is 39.1 Å². The monoisotopic (exact) mass is 308 g/mol. The fourth-order valence-electron chi connectivity index (χ4n) is 2.63. The molecule has 2 heterocycles. The Morgan fingerprint density at radius 3 is 3.19 bits per heavy atom. The summed E-state index contributed by atoms with van der Waals surface area (Å²) in [5, 5.41) is 5.43. The Morgan fingerprint density at radius 2 is 2.33 bits per heavy atom. The van der Waals surface area contributed by atoms with Gasteiger partial charge in [0.05, 0.1) is 0 Å². The van der Waals surface area contributed by atoms with E-state index in [0.29, 0.717) is 5.96 Å². The van der Waals surface area contributed by atoms with Crippen molar-refractivity contribution >= 4 is 17.3 Å². The highest BCUT2D eigenvalue weighted by Crippen LogP contribution is 2.23. The van der Waals surface area contributed by atoms with E-state index in [2.05, 4.69) is 33.6 Å². The van der Waals surface area contributed by atoms with Crippen LogP contribution in [0, 0.1) is 0 Å². The number of thiophene rings is 1. The summed E-state index contributed by atoms with van der Waals surface area (Å²) in [4.78, 5) is 8.42. The molecule has 0 amide bonds. The molecule has 0 radical (unpaired) electrons. The highest BCUT2D eigenvalue weighted by Gasteiger charge is 2.16. The highest BCUT2D eigenvalue weighted by molar-refractivity contribution is 7.10. The van der Waals surface area contributed by atoms with Crippen LogP contribution in [0.15, 0.2) is 16.4 Å². The van der Waals surface area contributed by atoms with Crippen molar-refractivity contribution in [3.63, 3.8) is 0 Å². The van der Waals surface area contributed by atoms with E-state index in [1.54, 1.807) is 4.88 Å². The number of nitrogens with one attached hydrogen (secondary N) is 1. The van der Waals surface area contributed by atoms with Gasteiger partial charge in [-0.25, -0.2) is 0 Å². The van der Waals surface area contributed by atoms with Crippen LogP contribution in [0.3, 0.4) is 0 Å². The first kappa shape index (κ1) is 16.3. The van der Waals surface area contributed by atoms with Gasteiger partial charge >= 0.3 is 0 Å². The second kappa shape index (κ2) is 9.05. The molecule has 0 saturated heterocycles. The number of guanidine groups is 1. The zero-order chi connectivity index (χ0) is 14.9. The number of fused-ring (bicyclic) bond motifs is 1. The van der Waals surface area contributed by atoms with Crippen molar-refractivity contribution in [3.8, 4) is 0 Å². The molecule has 2 rings (SSSR count). The summed E-state index contributed by atoms with van der Waals surface area (Å²) in [7, 11) is 0. The Balaban J connectivity index is 1.58. The molecule has 0 spiro atoms. The third-order valence-corrected chi connectivity index (χ3v) is 4.94. The zero-order valence-corrected chi connectivity index (χ0v) is 13.9. The molecule has 1 aromatic rings. The van der Waals surface area contributed by atoms with Crippen LogP contribution in [0.4, 0.5) is 0 Å². The van der Waals surface area contributed by atoms with Gasteiger partial charge in [-0.3, -0.25) is 9.89 Å². The lowest BCUT2D eigenvalue weighted by molar-refractivity contribution is 0.260. The number of hydrogen-bond donors (Lipinski definition) is 2. The predicted octanol–water partition coefficient (Wildman–Crippen LogP) is 2.59. The van der Waals surface area contributed by atoms with E-state index >= 15 is 0 Å². The van der Waals surface area contributed by atoms with Crippen molar-refractivity contribution in [2.75, 3.05) is 26.2 Å². The van der Waals surface area contributed by atoms with Gasteiger partial charge in [0.2, 0.25) is 0 Å². The zero-order valence-electron chi connectivity index (χ0n) is 13.1. The smallest absolute Gasteiger partial charge is 0.188 e. The van der Waals surface area contributed by atoms with Crippen LogP contribution in [0.5, 0.6) is 0 Å². The maximum Gasteiger partial charge on any atom is 0.188 e. The van der Waals surface area contributed by atoms with Gasteiger partial charge in [-0.05, 0) is 29.9 Å². The van der Waals surface area contributed by atoms with Crippen molar-refractivity contribution in [2.24, 2.45) is 10.7 Å². The first-order chi connectivity index (χ1) is 10.3. The molecule has 3 N–H and O–H groups in total. The van der Waals surface area contributed by atoms with E-state index in [-0.39, 0.29) is 0 Å². The Kier molecular flexibility index (Phi) is 7.03. The molecule has 0 atom stereocenters. The number of nitrogens with two attached hydrogens (primary N) is 1. The molecular formula is C16H28N4S. The average molecular weight is 308 g/mol. The molecule has 0 saturated carbocycles. The second-order valence-corrected chi connectivity index (χ2v) is 6.65. The summed E-state index contributed by atoms with van der Waals surface area (Å²) in [6.45, 7) is 7.21. The maximum absolute atomic E-state index is 5.89. The highest BCUT2D eigenvalue weighted by atomic mass is 32.1. The predicted molar refractivity (Wildman–Crippen MR) is 91.9 cm³/mol. The topological polar surface area (TPSA) is 53.6 Å².